The van der Waals surface area contributed by atoms with Crippen molar-refractivity contribution in [3.8, 4) is 5.75 Å². The van der Waals surface area contributed by atoms with Gasteiger partial charge in [0.1, 0.15) is 5.75 Å². The number of methoxy groups -OCH3 is 1. The van der Waals surface area contributed by atoms with Gasteiger partial charge in [-0.25, -0.2) is 0 Å². The Morgan fingerprint density at radius 3 is 2.63 bits per heavy atom. The minimum atomic E-state index is 0.673. The zero-order valence-corrected chi connectivity index (χ0v) is 13.4. The maximum absolute atomic E-state index is 5.95. The van der Waals surface area contributed by atoms with Gasteiger partial charge in [0.15, 0.2) is 0 Å². The van der Waals surface area contributed by atoms with Gasteiger partial charge in [-0.15, -0.1) is 0 Å². The molecular weight excluding hydrogens is 304 g/mol. The molecule has 106 valence electrons. The van der Waals surface area contributed by atoms with Crippen molar-refractivity contribution in [1.29, 1.82) is 0 Å². The quantitative estimate of drug-likeness (QED) is 0.855. The highest BCUT2D eigenvalue weighted by molar-refractivity contribution is 9.10. The zero-order valence-electron chi connectivity index (χ0n) is 11.8. The summed E-state index contributed by atoms with van der Waals surface area (Å²) < 4.78 is 6.24. The lowest BCUT2D eigenvalue weighted by atomic mass is 9.94. The van der Waals surface area contributed by atoms with Crippen LogP contribution in [0.25, 0.3) is 0 Å². The topological polar surface area (TPSA) is 38.5 Å². The molecular formula is C15H23BrN2O. The van der Waals surface area contributed by atoms with Crippen LogP contribution in [-0.4, -0.2) is 25.1 Å². The molecule has 0 spiro atoms. The molecule has 19 heavy (non-hydrogen) atoms. The second kappa shape index (κ2) is 6.62. The number of nitrogen functional groups attached to an aromatic ring is 1. The number of hydrogen-bond acceptors (Lipinski definition) is 3. The number of benzene rings is 1. The lowest BCUT2D eigenvalue weighted by molar-refractivity contribution is 0.184. The van der Waals surface area contributed by atoms with Gasteiger partial charge in [0.2, 0.25) is 0 Å². The lowest BCUT2D eigenvalue weighted by Gasteiger charge is -2.31. The molecule has 0 heterocycles. The van der Waals surface area contributed by atoms with E-state index in [2.05, 4.69) is 33.9 Å². The molecule has 0 bridgehead atoms. The molecule has 1 aliphatic rings. The van der Waals surface area contributed by atoms with E-state index in [1.165, 1.54) is 37.7 Å². The summed E-state index contributed by atoms with van der Waals surface area (Å²) in [6, 6.07) is 4.85. The fourth-order valence-electron chi connectivity index (χ4n) is 2.85. The average Bonchev–Trinajstić information content (AvgIpc) is 2.43. The molecule has 1 aromatic rings. The van der Waals surface area contributed by atoms with Crippen LogP contribution in [0, 0.1) is 0 Å². The van der Waals surface area contributed by atoms with E-state index < -0.39 is 0 Å². The molecule has 0 aromatic heterocycles. The third kappa shape index (κ3) is 3.63. The summed E-state index contributed by atoms with van der Waals surface area (Å²) in [6.07, 6.45) is 6.77. The third-order valence-electron chi connectivity index (χ3n) is 4.00. The molecule has 2 N–H and O–H groups in total. The highest BCUT2D eigenvalue weighted by Crippen LogP contribution is 2.32. The monoisotopic (exact) mass is 326 g/mol. The first-order valence-electron chi connectivity index (χ1n) is 6.94. The maximum Gasteiger partial charge on any atom is 0.143 e. The first kappa shape index (κ1) is 14.7. The molecule has 2 rings (SSSR count). The number of rotatable bonds is 4. The number of anilines is 1. The molecule has 3 nitrogen and oxygen atoms in total. The Hall–Kier alpha value is -0.740. The van der Waals surface area contributed by atoms with Gasteiger partial charge in [0.05, 0.1) is 12.8 Å². The van der Waals surface area contributed by atoms with Crippen molar-refractivity contribution in [3.63, 3.8) is 0 Å². The Morgan fingerprint density at radius 1 is 1.32 bits per heavy atom. The van der Waals surface area contributed by atoms with Gasteiger partial charge in [-0.1, -0.05) is 19.3 Å². The molecule has 1 saturated carbocycles. The van der Waals surface area contributed by atoms with Crippen LogP contribution in [0.1, 0.15) is 37.7 Å². The van der Waals surface area contributed by atoms with Crippen LogP contribution < -0.4 is 10.5 Å². The Bertz CT molecular complexity index is 430. The van der Waals surface area contributed by atoms with Crippen LogP contribution in [-0.2, 0) is 6.54 Å². The van der Waals surface area contributed by atoms with Crippen molar-refractivity contribution in [2.24, 2.45) is 0 Å². The summed E-state index contributed by atoms with van der Waals surface area (Å²) in [4.78, 5) is 2.45. The number of ether oxygens (including phenoxy) is 1. The number of hydrogen-bond donors (Lipinski definition) is 1. The van der Waals surface area contributed by atoms with Gasteiger partial charge in [0, 0.05) is 17.1 Å². The lowest BCUT2D eigenvalue weighted by Crippen LogP contribution is -2.32. The van der Waals surface area contributed by atoms with E-state index in [0.717, 1.165) is 22.8 Å². The minimum Gasteiger partial charge on any atom is -0.495 e. The van der Waals surface area contributed by atoms with E-state index in [1.54, 1.807) is 7.11 Å². The normalized spacial score (nSPS) is 16.8. The average molecular weight is 327 g/mol. The minimum absolute atomic E-state index is 0.673. The highest BCUT2D eigenvalue weighted by atomic mass is 79.9. The fourth-order valence-corrected chi connectivity index (χ4v) is 3.33. The Kier molecular flexibility index (Phi) is 5.11. The Morgan fingerprint density at radius 2 is 2.00 bits per heavy atom. The van der Waals surface area contributed by atoms with Gasteiger partial charge in [-0.2, -0.15) is 0 Å². The first-order valence-corrected chi connectivity index (χ1v) is 7.73. The molecule has 0 amide bonds. The predicted molar refractivity (Wildman–Crippen MR) is 83.4 cm³/mol. The van der Waals surface area contributed by atoms with Gasteiger partial charge >= 0.3 is 0 Å². The zero-order chi connectivity index (χ0) is 13.8. The fraction of sp³-hybridized carbons (Fsp3) is 0.600. The van der Waals surface area contributed by atoms with Crippen molar-refractivity contribution in [3.05, 3.63) is 22.2 Å². The van der Waals surface area contributed by atoms with E-state index in [0.29, 0.717) is 5.69 Å². The Balaban J connectivity index is 2.07. The summed E-state index contributed by atoms with van der Waals surface area (Å²) in [5.41, 5.74) is 7.86. The van der Waals surface area contributed by atoms with Crippen LogP contribution in [0.4, 0.5) is 5.69 Å². The summed E-state index contributed by atoms with van der Waals surface area (Å²) in [7, 11) is 3.87. The summed E-state index contributed by atoms with van der Waals surface area (Å²) in [6.45, 7) is 0.944. The van der Waals surface area contributed by atoms with E-state index in [1.807, 2.05) is 6.07 Å². The molecule has 0 unspecified atom stereocenters. The summed E-state index contributed by atoms with van der Waals surface area (Å²) in [5.74, 6) is 0.751. The molecule has 4 heteroatoms. The van der Waals surface area contributed by atoms with Crippen molar-refractivity contribution in [2.45, 2.75) is 44.7 Å². The number of nitrogens with two attached hydrogens (primary N) is 1. The second-order valence-corrected chi connectivity index (χ2v) is 6.25. The molecule has 1 aliphatic carbocycles. The van der Waals surface area contributed by atoms with Crippen LogP contribution in [0.2, 0.25) is 0 Å². The molecule has 1 aromatic carbocycles. The largest absolute Gasteiger partial charge is 0.495 e. The highest BCUT2D eigenvalue weighted by Gasteiger charge is 2.18. The maximum atomic E-state index is 5.95. The van der Waals surface area contributed by atoms with Crippen molar-refractivity contribution in [1.82, 2.24) is 4.90 Å². The summed E-state index contributed by atoms with van der Waals surface area (Å²) in [5, 5.41) is 0. The first-order chi connectivity index (χ1) is 9.11. The molecule has 0 radical (unpaired) electrons. The number of halogens is 1. The van der Waals surface area contributed by atoms with Gasteiger partial charge < -0.3 is 10.5 Å². The summed E-state index contributed by atoms with van der Waals surface area (Å²) >= 11 is 3.50. The van der Waals surface area contributed by atoms with E-state index >= 15 is 0 Å². The smallest absolute Gasteiger partial charge is 0.143 e. The van der Waals surface area contributed by atoms with Crippen molar-refractivity contribution < 1.29 is 4.74 Å². The Labute approximate surface area is 124 Å². The second-order valence-electron chi connectivity index (χ2n) is 5.40. The van der Waals surface area contributed by atoms with E-state index in [4.69, 9.17) is 10.5 Å². The van der Waals surface area contributed by atoms with Gasteiger partial charge in [-0.05, 0) is 53.5 Å². The van der Waals surface area contributed by atoms with Crippen LogP contribution >= 0.6 is 15.9 Å². The van der Waals surface area contributed by atoms with E-state index in [-0.39, 0.29) is 0 Å². The van der Waals surface area contributed by atoms with Gasteiger partial charge in [-0.3, -0.25) is 4.90 Å². The molecule has 0 atom stereocenters. The number of nitrogens with zero attached hydrogens (tertiary/aromatic N) is 1. The van der Waals surface area contributed by atoms with E-state index in [9.17, 15) is 0 Å². The van der Waals surface area contributed by atoms with Crippen LogP contribution in [0.3, 0.4) is 0 Å². The molecule has 0 saturated heterocycles. The van der Waals surface area contributed by atoms with Crippen LogP contribution in [0.15, 0.2) is 16.6 Å². The van der Waals surface area contributed by atoms with Crippen molar-refractivity contribution in [2.75, 3.05) is 19.9 Å². The molecule has 0 aliphatic heterocycles. The standard InChI is InChI=1S/C15H23BrN2O/c1-18(12-6-4-3-5-7-12)10-11-8-13(16)15(17)14(9-11)19-2/h8-9,12H,3-7,10,17H2,1-2H3. The van der Waals surface area contributed by atoms with Gasteiger partial charge in [0.25, 0.3) is 0 Å². The van der Waals surface area contributed by atoms with Crippen molar-refractivity contribution >= 4 is 21.6 Å². The SMILES string of the molecule is COc1cc(CN(C)C2CCCCC2)cc(Br)c1N. The predicted octanol–water partition coefficient (Wildman–Crippen LogP) is 3.80. The molecule has 1 fully saturated rings. The third-order valence-corrected chi connectivity index (χ3v) is 4.66. The van der Waals surface area contributed by atoms with Crippen LogP contribution in [0.5, 0.6) is 5.75 Å².